The molecule has 3 aromatic rings. The van der Waals surface area contributed by atoms with E-state index in [1.165, 1.54) is 13.5 Å². The van der Waals surface area contributed by atoms with Gasteiger partial charge in [0, 0.05) is 5.69 Å². The number of hydrogen-bond donors (Lipinski definition) is 1. The Morgan fingerprint density at radius 2 is 1.77 bits per heavy atom. The summed E-state index contributed by atoms with van der Waals surface area (Å²) in [6.45, 7) is 0. The van der Waals surface area contributed by atoms with Crippen molar-refractivity contribution in [1.82, 2.24) is 20.2 Å². The minimum absolute atomic E-state index is 0.420. The van der Waals surface area contributed by atoms with Crippen LogP contribution in [0.5, 0.6) is 5.75 Å². The minimum Gasteiger partial charge on any atom is -0.497 e. The number of aromatic nitrogens is 4. The van der Waals surface area contributed by atoms with E-state index >= 15 is 0 Å². The average molecular weight is 407 g/mol. The molecular formula is C22H25N5O3. The third-order valence-corrected chi connectivity index (χ3v) is 5.62. The molecule has 8 heteroatoms. The fourth-order valence-corrected chi connectivity index (χ4v) is 4.10. The van der Waals surface area contributed by atoms with Gasteiger partial charge >= 0.3 is 5.97 Å². The Labute approximate surface area is 175 Å². The number of tetrazole rings is 1. The molecule has 0 aliphatic heterocycles. The van der Waals surface area contributed by atoms with Gasteiger partial charge in [-0.15, -0.1) is 5.10 Å². The van der Waals surface area contributed by atoms with Gasteiger partial charge in [0.1, 0.15) is 5.75 Å². The van der Waals surface area contributed by atoms with Crippen molar-refractivity contribution < 1.29 is 14.3 Å². The lowest BCUT2D eigenvalue weighted by Gasteiger charge is -2.37. The first-order chi connectivity index (χ1) is 14.7. The lowest BCUT2D eigenvalue weighted by Crippen LogP contribution is -2.40. The second-order valence-corrected chi connectivity index (χ2v) is 7.42. The second-order valence-electron chi connectivity index (χ2n) is 7.42. The first-order valence-corrected chi connectivity index (χ1v) is 10.1. The highest BCUT2D eigenvalue weighted by Gasteiger charge is 2.39. The number of carbonyl (C=O) groups excluding carboxylic acids is 1. The molecule has 0 saturated heterocycles. The number of nitrogens with zero attached hydrogens (tertiary/aromatic N) is 4. The lowest BCUT2D eigenvalue weighted by atomic mass is 9.80. The van der Waals surface area contributed by atoms with Gasteiger partial charge in [0.25, 0.3) is 0 Å². The van der Waals surface area contributed by atoms with E-state index < -0.39 is 11.5 Å². The molecular weight excluding hydrogens is 382 g/mol. The summed E-state index contributed by atoms with van der Waals surface area (Å²) in [5.74, 6) is 1.07. The zero-order valence-electron chi connectivity index (χ0n) is 17.2. The fourth-order valence-electron chi connectivity index (χ4n) is 4.10. The summed E-state index contributed by atoms with van der Waals surface area (Å²) >= 11 is 0. The standard InChI is InChI=1S/C22H25N5O3/c1-29-17-12-10-16(11-13-17)23-22(14-6-3-7-15-22)21-24-25-26-27(21)19-9-5-4-8-18(19)20(28)30-2/h4-5,8-13,23H,3,6-7,14-15H2,1-2H3. The Balaban J connectivity index is 1.77. The van der Waals surface area contributed by atoms with Gasteiger partial charge in [-0.25, -0.2) is 4.79 Å². The second kappa shape index (κ2) is 8.52. The average Bonchev–Trinajstić information content (AvgIpc) is 3.30. The molecule has 0 unspecified atom stereocenters. The zero-order chi connectivity index (χ0) is 21.0. The van der Waals surface area contributed by atoms with Crippen LogP contribution in [-0.4, -0.2) is 40.4 Å². The highest BCUT2D eigenvalue weighted by atomic mass is 16.5. The number of anilines is 1. The number of ether oxygens (including phenoxy) is 2. The van der Waals surface area contributed by atoms with Crippen molar-refractivity contribution in [1.29, 1.82) is 0 Å². The van der Waals surface area contributed by atoms with Gasteiger partial charge in [0.15, 0.2) is 5.82 Å². The molecule has 4 rings (SSSR count). The van der Waals surface area contributed by atoms with Crippen LogP contribution in [0, 0.1) is 0 Å². The van der Waals surface area contributed by atoms with Crippen molar-refractivity contribution in [3.8, 4) is 11.4 Å². The normalized spacial score (nSPS) is 15.4. The molecule has 0 spiro atoms. The van der Waals surface area contributed by atoms with Gasteiger partial charge in [-0.1, -0.05) is 31.4 Å². The molecule has 0 atom stereocenters. The van der Waals surface area contributed by atoms with Crippen LogP contribution in [0.4, 0.5) is 5.69 Å². The van der Waals surface area contributed by atoms with Crippen LogP contribution in [-0.2, 0) is 10.3 Å². The highest BCUT2D eigenvalue weighted by molar-refractivity contribution is 5.93. The molecule has 1 saturated carbocycles. The number of carbonyl (C=O) groups is 1. The molecule has 2 aromatic carbocycles. The van der Waals surface area contributed by atoms with Crippen molar-refractivity contribution in [2.24, 2.45) is 0 Å². The van der Waals surface area contributed by atoms with Gasteiger partial charge in [-0.2, -0.15) is 4.68 Å². The van der Waals surface area contributed by atoms with Crippen molar-refractivity contribution in [2.75, 3.05) is 19.5 Å². The van der Waals surface area contributed by atoms with Crippen LogP contribution in [0.15, 0.2) is 48.5 Å². The van der Waals surface area contributed by atoms with Crippen molar-refractivity contribution in [3.05, 3.63) is 59.9 Å². The number of esters is 1. The van der Waals surface area contributed by atoms with E-state index in [0.717, 1.165) is 37.1 Å². The van der Waals surface area contributed by atoms with E-state index in [-0.39, 0.29) is 0 Å². The van der Waals surface area contributed by atoms with Gasteiger partial charge < -0.3 is 14.8 Å². The molecule has 30 heavy (non-hydrogen) atoms. The number of hydrogen-bond acceptors (Lipinski definition) is 7. The first-order valence-electron chi connectivity index (χ1n) is 10.1. The van der Waals surface area contributed by atoms with Crippen LogP contribution in [0.25, 0.3) is 5.69 Å². The zero-order valence-corrected chi connectivity index (χ0v) is 17.2. The third kappa shape index (κ3) is 3.72. The fraction of sp³-hybridized carbons (Fsp3) is 0.364. The van der Waals surface area contributed by atoms with E-state index in [9.17, 15) is 4.79 Å². The van der Waals surface area contributed by atoms with Crippen LogP contribution in [0.1, 0.15) is 48.3 Å². The van der Waals surface area contributed by atoms with E-state index in [1.54, 1.807) is 23.9 Å². The number of rotatable bonds is 6. The third-order valence-electron chi connectivity index (χ3n) is 5.62. The summed E-state index contributed by atoms with van der Waals surface area (Å²) in [4.78, 5) is 12.3. The molecule has 0 radical (unpaired) electrons. The Morgan fingerprint density at radius 1 is 1.03 bits per heavy atom. The lowest BCUT2D eigenvalue weighted by molar-refractivity contribution is 0.0600. The minimum atomic E-state index is -0.445. The molecule has 0 amide bonds. The summed E-state index contributed by atoms with van der Waals surface area (Å²) in [5, 5.41) is 16.3. The number of para-hydroxylation sites is 1. The topological polar surface area (TPSA) is 91.2 Å². The summed E-state index contributed by atoms with van der Waals surface area (Å²) < 4.78 is 11.9. The molecule has 1 N–H and O–H groups in total. The molecule has 1 aliphatic carbocycles. The maximum Gasteiger partial charge on any atom is 0.340 e. The summed E-state index contributed by atoms with van der Waals surface area (Å²) in [5.41, 5.74) is 1.54. The molecule has 1 aliphatic rings. The predicted octanol–water partition coefficient (Wildman–Crippen LogP) is 3.73. The number of methoxy groups -OCH3 is 2. The predicted molar refractivity (Wildman–Crippen MR) is 112 cm³/mol. The quantitative estimate of drug-likeness (QED) is 0.623. The van der Waals surface area contributed by atoms with E-state index in [2.05, 4.69) is 20.8 Å². The Hall–Kier alpha value is -3.42. The SMILES string of the molecule is COC(=O)c1ccccc1-n1nnnc1C1(Nc2ccc(OC)cc2)CCCCC1. The summed E-state index contributed by atoms with van der Waals surface area (Å²) in [6.07, 6.45) is 5.08. The molecule has 1 fully saturated rings. The van der Waals surface area contributed by atoms with Gasteiger partial charge in [-0.3, -0.25) is 0 Å². The van der Waals surface area contributed by atoms with Gasteiger partial charge in [0.05, 0.1) is 31.0 Å². The monoisotopic (exact) mass is 407 g/mol. The van der Waals surface area contributed by atoms with E-state index in [4.69, 9.17) is 9.47 Å². The Kier molecular flexibility index (Phi) is 5.65. The van der Waals surface area contributed by atoms with Crippen LogP contribution in [0.3, 0.4) is 0 Å². The smallest absolute Gasteiger partial charge is 0.340 e. The van der Waals surface area contributed by atoms with Crippen LogP contribution >= 0.6 is 0 Å². The van der Waals surface area contributed by atoms with E-state index in [0.29, 0.717) is 17.1 Å². The number of benzene rings is 2. The maximum atomic E-state index is 12.3. The van der Waals surface area contributed by atoms with Crippen molar-refractivity contribution >= 4 is 11.7 Å². The van der Waals surface area contributed by atoms with Crippen molar-refractivity contribution in [2.45, 2.75) is 37.6 Å². The molecule has 1 aromatic heterocycles. The summed E-state index contributed by atoms with van der Waals surface area (Å²) in [6, 6.07) is 15.0. The highest BCUT2D eigenvalue weighted by Crippen LogP contribution is 2.40. The first kappa shape index (κ1) is 19.9. The summed E-state index contributed by atoms with van der Waals surface area (Å²) in [7, 11) is 3.02. The van der Waals surface area contributed by atoms with Gasteiger partial charge in [0.2, 0.25) is 0 Å². The van der Waals surface area contributed by atoms with Gasteiger partial charge in [-0.05, 0) is 59.7 Å². The number of nitrogens with one attached hydrogen (secondary N) is 1. The van der Waals surface area contributed by atoms with Crippen molar-refractivity contribution in [3.63, 3.8) is 0 Å². The molecule has 156 valence electrons. The molecule has 8 nitrogen and oxygen atoms in total. The molecule has 1 heterocycles. The van der Waals surface area contributed by atoms with Crippen LogP contribution in [0.2, 0.25) is 0 Å². The molecule has 0 bridgehead atoms. The van der Waals surface area contributed by atoms with Crippen LogP contribution < -0.4 is 10.1 Å². The van der Waals surface area contributed by atoms with E-state index in [1.807, 2.05) is 36.4 Å². The Morgan fingerprint density at radius 3 is 2.47 bits per heavy atom. The largest absolute Gasteiger partial charge is 0.497 e. The maximum absolute atomic E-state index is 12.3. The Bertz CT molecular complexity index is 1010.